The normalized spacial score (nSPS) is 20.7. The maximum absolute atomic E-state index is 12.1. The van der Waals surface area contributed by atoms with Gasteiger partial charge in [0.15, 0.2) is 5.25 Å². The highest BCUT2D eigenvalue weighted by molar-refractivity contribution is 7.90. The highest BCUT2D eigenvalue weighted by Crippen LogP contribution is 2.42. The molecule has 1 aliphatic heterocycles. The molecule has 2 aromatic carbocycles. The number of hydrogen-bond donors (Lipinski definition) is 2. The number of aliphatic hydroxyl groups excluding tert-OH is 1. The third kappa shape index (κ3) is 6.06. The van der Waals surface area contributed by atoms with Crippen LogP contribution < -0.4 is 14.2 Å². The molecule has 2 heterocycles. The number of benzene rings is 2. The van der Waals surface area contributed by atoms with Gasteiger partial charge >= 0.3 is 0 Å². The third-order valence-corrected chi connectivity index (χ3v) is 8.02. The van der Waals surface area contributed by atoms with Crippen LogP contribution in [0.15, 0.2) is 59.0 Å². The molecule has 38 heavy (non-hydrogen) atoms. The van der Waals surface area contributed by atoms with Crippen molar-refractivity contribution in [3.8, 4) is 23.1 Å². The minimum absolute atomic E-state index is 0.0633. The van der Waals surface area contributed by atoms with Crippen LogP contribution in [0.5, 0.6) is 23.1 Å². The Kier molecular flexibility index (Phi) is 7.52. The summed E-state index contributed by atoms with van der Waals surface area (Å²) in [7, 11) is 0. The van der Waals surface area contributed by atoms with Crippen LogP contribution in [0.25, 0.3) is 0 Å². The molecule has 0 radical (unpaired) electrons. The number of nitrogens with zero attached hydrogens (tertiary/aromatic N) is 2. The van der Waals surface area contributed by atoms with Gasteiger partial charge in [-0.2, -0.15) is 0 Å². The summed E-state index contributed by atoms with van der Waals surface area (Å²) < 4.78 is 34.1. The molecule has 2 unspecified atom stereocenters. The van der Waals surface area contributed by atoms with Gasteiger partial charge in [-0.1, -0.05) is 24.3 Å². The highest BCUT2D eigenvalue weighted by atomic mass is 32.2. The molecule has 0 saturated heterocycles. The van der Waals surface area contributed by atoms with Crippen LogP contribution in [0.4, 0.5) is 0 Å². The lowest BCUT2D eigenvalue weighted by Crippen LogP contribution is -2.22. The van der Waals surface area contributed by atoms with Gasteiger partial charge in [0.05, 0.1) is 24.3 Å². The molecular weight excluding hydrogens is 504 g/mol. The second-order valence-electron chi connectivity index (χ2n) is 10.3. The zero-order chi connectivity index (χ0) is 26.9. The van der Waals surface area contributed by atoms with Crippen LogP contribution in [-0.2, 0) is 17.8 Å². The van der Waals surface area contributed by atoms with Gasteiger partial charge in [0.2, 0.25) is 11.8 Å². The van der Waals surface area contributed by atoms with E-state index in [1.165, 1.54) is 0 Å². The zero-order valence-electron chi connectivity index (χ0n) is 21.7. The number of aryl methyl sites for hydroxylation is 1. The van der Waals surface area contributed by atoms with E-state index in [0.717, 1.165) is 46.7 Å². The number of pyridine rings is 1. The second-order valence-corrected chi connectivity index (χ2v) is 11.6. The monoisotopic (exact) mass is 536 g/mol. The summed E-state index contributed by atoms with van der Waals surface area (Å²) in [6, 6.07) is 17.2. The molecule has 2 N–H and O–H groups in total. The van der Waals surface area contributed by atoms with E-state index in [4.69, 9.17) is 14.2 Å². The Balaban J connectivity index is 1.24. The van der Waals surface area contributed by atoms with Gasteiger partial charge in [-0.05, 0) is 67.8 Å². The van der Waals surface area contributed by atoms with Crippen molar-refractivity contribution < 1.29 is 29.0 Å². The molecule has 1 aromatic heterocycles. The van der Waals surface area contributed by atoms with E-state index in [1.54, 1.807) is 19.9 Å². The van der Waals surface area contributed by atoms with Crippen LogP contribution in [0.1, 0.15) is 66.8 Å². The van der Waals surface area contributed by atoms with Gasteiger partial charge in [0.25, 0.3) is 0 Å². The maximum atomic E-state index is 12.1. The molecular formula is C29H32N2O6S. The predicted octanol–water partition coefficient (Wildman–Crippen LogP) is 5.85. The molecule has 200 valence electrons. The first-order valence-corrected chi connectivity index (χ1v) is 13.9. The third-order valence-electron chi connectivity index (χ3n) is 6.71. The van der Waals surface area contributed by atoms with Crippen LogP contribution in [0, 0.1) is 6.92 Å². The van der Waals surface area contributed by atoms with E-state index >= 15 is 0 Å². The minimum atomic E-state index is -1.45. The topological polar surface area (TPSA) is 116 Å². The average Bonchev–Trinajstić information content (AvgIpc) is 3.43. The van der Waals surface area contributed by atoms with Crippen molar-refractivity contribution in [2.45, 2.75) is 63.4 Å². The fourth-order valence-corrected chi connectivity index (χ4v) is 5.73. The fourth-order valence-electron chi connectivity index (χ4n) is 4.64. The van der Waals surface area contributed by atoms with E-state index in [0.29, 0.717) is 31.1 Å². The number of ether oxygens (including phenoxy) is 3. The first kappa shape index (κ1) is 26.3. The smallest absolute Gasteiger partial charge is 0.240 e. The SMILES string of the molecule is Cc1nc(OCCC(C)(C)O)ccc1Oc1cccc2c1CC[C@H]2Oc1ccc(C2CC(O)=N[S+]2[O-])cc1. The summed E-state index contributed by atoms with van der Waals surface area (Å²) in [5, 5.41) is 19.1. The van der Waals surface area contributed by atoms with Gasteiger partial charge in [0, 0.05) is 23.6 Å². The van der Waals surface area contributed by atoms with Crippen LogP contribution in [0.2, 0.25) is 0 Å². The van der Waals surface area contributed by atoms with Crippen molar-refractivity contribution >= 4 is 17.3 Å². The van der Waals surface area contributed by atoms with E-state index in [2.05, 4.69) is 15.4 Å². The van der Waals surface area contributed by atoms with Crippen LogP contribution in [-0.4, -0.2) is 37.9 Å². The Morgan fingerprint density at radius 2 is 1.87 bits per heavy atom. The van der Waals surface area contributed by atoms with Gasteiger partial charge < -0.3 is 29.0 Å². The van der Waals surface area contributed by atoms with Crippen molar-refractivity contribution in [2.24, 2.45) is 4.40 Å². The van der Waals surface area contributed by atoms with E-state index in [1.807, 2.05) is 49.4 Å². The highest BCUT2D eigenvalue weighted by Gasteiger charge is 2.34. The molecule has 2 aliphatic rings. The van der Waals surface area contributed by atoms with Gasteiger partial charge in [0.1, 0.15) is 34.7 Å². The predicted molar refractivity (Wildman–Crippen MR) is 146 cm³/mol. The second kappa shape index (κ2) is 10.8. The molecule has 0 saturated carbocycles. The van der Waals surface area contributed by atoms with Crippen molar-refractivity contribution in [3.05, 3.63) is 77.0 Å². The lowest BCUT2D eigenvalue weighted by Gasteiger charge is -2.18. The van der Waals surface area contributed by atoms with E-state index in [9.17, 15) is 14.8 Å². The maximum Gasteiger partial charge on any atom is 0.240 e. The van der Waals surface area contributed by atoms with Crippen molar-refractivity contribution in [1.82, 2.24) is 4.98 Å². The van der Waals surface area contributed by atoms with Crippen LogP contribution in [0.3, 0.4) is 0 Å². The number of rotatable bonds is 9. The quantitative estimate of drug-likeness (QED) is 0.329. The number of fused-ring (bicyclic) bond motifs is 1. The number of aliphatic hydroxyl groups is 2. The molecule has 3 atom stereocenters. The van der Waals surface area contributed by atoms with Gasteiger partial charge in [-0.15, -0.1) is 0 Å². The average molecular weight is 537 g/mol. The van der Waals surface area contributed by atoms with E-state index in [-0.39, 0.29) is 17.3 Å². The van der Waals surface area contributed by atoms with Gasteiger partial charge in [-0.3, -0.25) is 0 Å². The molecule has 0 fully saturated rings. The van der Waals surface area contributed by atoms with Gasteiger partial charge in [-0.25, -0.2) is 4.98 Å². The Morgan fingerprint density at radius 3 is 2.55 bits per heavy atom. The standard InChI is InChI=1S/C29H32N2O6S/c1-18-23(13-14-28(30-18)35-16-15-29(2,3)33)37-24-6-4-5-21-22(24)11-12-25(21)36-20-9-7-19(8-10-20)26-17-27(32)31-38(26)34/h4-10,13-14,25-26,33H,11-12,15-17H2,1-3H3,(H,31,32)/t25-,26?,38?/m1/s1. The molecule has 0 amide bonds. The summed E-state index contributed by atoms with van der Waals surface area (Å²) in [4.78, 5) is 4.50. The molecule has 9 heteroatoms. The van der Waals surface area contributed by atoms with Crippen molar-refractivity contribution in [2.75, 3.05) is 6.61 Å². The Morgan fingerprint density at radius 1 is 1.08 bits per heavy atom. The summed E-state index contributed by atoms with van der Waals surface area (Å²) >= 11 is -1.45. The first-order chi connectivity index (χ1) is 18.2. The molecule has 5 rings (SSSR count). The Labute approximate surface area is 225 Å². The van der Waals surface area contributed by atoms with E-state index < -0.39 is 17.0 Å². The Bertz CT molecular complexity index is 1320. The lowest BCUT2D eigenvalue weighted by atomic mass is 10.1. The summed E-state index contributed by atoms with van der Waals surface area (Å²) in [5.41, 5.74) is 3.01. The molecule has 0 bridgehead atoms. The number of aromatic nitrogens is 1. The summed E-state index contributed by atoms with van der Waals surface area (Å²) in [6.07, 6.45) is 2.36. The zero-order valence-corrected chi connectivity index (χ0v) is 22.5. The molecule has 1 aliphatic carbocycles. The summed E-state index contributed by atoms with van der Waals surface area (Å²) in [6.45, 7) is 5.76. The number of hydrogen-bond acceptors (Lipinski definition) is 7. The molecule has 0 spiro atoms. The lowest BCUT2D eigenvalue weighted by molar-refractivity contribution is 0.0546. The minimum Gasteiger partial charge on any atom is -0.591 e. The van der Waals surface area contributed by atoms with Crippen LogP contribution >= 0.6 is 0 Å². The fraction of sp³-hybridized carbons (Fsp3) is 0.379. The Hall–Kier alpha value is -3.27. The molecule has 8 nitrogen and oxygen atoms in total. The van der Waals surface area contributed by atoms with Crippen molar-refractivity contribution in [1.29, 1.82) is 0 Å². The first-order valence-electron chi connectivity index (χ1n) is 12.7. The summed E-state index contributed by atoms with van der Waals surface area (Å²) in [5.74, 6) is 2.61. The van der Waals surface area contributed by atoms with Crippen molar-refractivity contribution in [3.63, 3.8) is 0 Å². The molecule has 3 aromatic rings. The largest absolute Gasteiger partial charge is 0.591 e.